The summed E-state index contributed by atoms with van der Waals surface area (Å²) in [6, 6.07) is 7.13. The van der Waals surface area contributed by atoms with Crippen molar-refractivity contribution in [1.29, 1.82) is 0 Å². The van der Waals surface area contributed by atoms with Gasteiger partial charge in [-0.1, -0.05) is 29.3 Å². The average Bonchev–Trinajstić information content (AvgIpc) is 2.37. The summed E-state index contributed by atoms with van der Waals surface area (Å²) in [5.41, 5.74) is 2.78. The van der Waals surface area contributed by atoms with Gasteiger partial charge in [0.15, 0.2) is 0 Å². The largest absolute Gasteiger partial charge is 0.506 e. The molecule has 0 radical (unpaired) electrons. The standard InChI is InChI=1S/C14H14Cl2N2O/c1-9-3-2-4-18-13(9)8-17-7-10-5-11(15)6-12(16)14(10)19/h2-6,17,19H,7-8H2,1H3. The second-order valence-electron chi connectivity index (χ2n) is 4.27. The number of phenolic OH excluding ortho intramolecular Hbond substituents is 1. The van der Waals surface area contributed by atoms with Gasteiger partial charge < -0.3 is 10.4 Å². The minimum Gasteiger partial charge on any atom is -0.506 e. The number of rotatable bonds is 4. The van der Waals surface area contributed by atoms with Crippen LogP contribution in [0.15, 0.2) is 30.5 Å². The van der Waals surface area contributed by atoms with Crippen molar-refractivity contribution < 1.29 is 5.11 Å². The van der Waals surface area contributed by atoms with E-state index in [1.165, 1.54) is 6.07 Å². The molecule has 0 saturated heterocycles. The number of benzene rings is 1. The normalized spacial score (nSPS) is 10.7. The van der Waals surface area contributed by atoms with Gasteiger partial charge in [0.25, 0.3) is 0 Å². The van der Waals surface area contributed by atoms with Gasteiger partial charge in [0.05, 0.1) is 10.7 Å². The van der Waals surface area contributed by atoms with E-state index in [4.69, 9.17) is 23.2 Å². The molecule has 0 spiro atoms. The van der Waals surface area contributed by atoms with Crippen molar-refractivity contribution in [3.8, 4) is 5.75 Å². The Kier molecular flexibility index (Phi) is 4.64. The summed E-state index contributed by atoms with van der Waals surface area (Å²) in [6.45, 7) is 3.11. The summed E-state index contributed by atoms with van der Waals surface area (Å²) in [4.78, 5) is 4.29. The van der Waals surface area contributed by atoms with Crippen molar-refractivity contribution in [3.05, 3.63) is 57.3 Å². The number of aryl methyl sites for hydroxylation is 1. The Labute approximate surface area is 122 Å². The Balaban J connectivity index is 2.02. The molecule has 0 saturated carbocycles. The fourth-order valence-electron chi connectivity index (χ4n) is 1.77. The first-order valence-electron chi connectivity index (χ1n) is 5.86. The molecule has 2 N–H and O–H groups in total. The van der Waals surface area contributed by atoms with E-state index in [1.807, 2.05) is 19.1 Å². The average molecular weight is 297 g/mol. The van der Waals surface area contributed by atoms with Gasteiger partial charge in [-0.2, -0.15) is 0 Å². The van der Waals surface area contributed by atoms with Gasteiger partial charge in [-0.3, -0.25) is 4.98 Å². The zero-order chi connectivity index (χ0) is 13.8. The zero-order valence-electron chi connectivity index (χ0n) is 10.5. The molecule has 1 aromatic heterocycles. The third-order valence-corrected chi connectivity index (χ3v) is 3.34. The number of nitrogens with one attached hydrogen (secondary N) is 1. The molecule has 0 fully saturated rings. The monoisotopic (exact) mass is 296 g/mol. The summed E-state index contributed by atoms with van der Waals surface area (Å²) in [7, 11) is 0. The van der Waals surface area contributed by atoms with Crippen molar-refractivity contribution in [2.75, 3.05) is 0 Å². The highest BCUT2D eigenvalue weighted by Gasteiger charge is 2.08. The fraction of sp³-hybridized carbons (Fsp3) is 0.214. The molecule has 3 nitrogen and oxygen atoms in total. The molecule has 1 aromatic carbocycles. The molecule has 2 aromatic rings. The Bertz CT molecular complexity index is 588. The fourth-order valence-corrected chi connectivity index (χ4v) is 2.31. The molecular formula is C14H14Cl2N2O. The summed E-state index contributed by atoms with van der Waals surface area (Å²) in [5, 5.41) is 13.8. The predicted octanol–water partition coefficient (Wildman–Crippen LogP) is 3.69. The molecule has 100 valence electrons. The lowest BCUT2D eigenvalue weighted by Crippen LogP contribution is -2.14. The van der Waals surface area contributed by atoms with Crippen molar-refractivity contribution in [2.45, 2.75) is 20.0 Å². The smallest absolute Gasteiger partial charge is 0.138 e. The molecule has 0 amide bonds. The second kappa shape index (κ2) is 6.24. The van der Waals surface area contributed by atoms with Crippen LogP contribution in [0.3, 0.4) is 0 Å². The van der Waals surface area contributed by atoms with E-state index in [9.17, 15) is 5.11 Å². The maximum Gasteiger partial charge on any atom is 0.138 e. The Hall–Kier alpha value is -1.29. The van der Waals surface area contributed by atoms with Crippen molar-refractivity contribution >= 4 is 23.2 Å². The first-order valence-corrected chi connectivity index (χ1v) is 6.61. The third-order valence-electron chi connectivity index (χ3n) is 2.83. The van der Waals surface area contributed by atoms with Crippen LogP contribution >= 0.6 is 23.2 Å². The highest BCUT2D eigenvalue weighted by molar-refractivity contribution is 6.35. The van der Waals surface area contributed by atoms with E-state index in [2.05, 4.69) is 10.3 Å². The van der Waals surface area contributed by atoms with Crippen molar-refractivity contribution in [3.63, 3.8) is 0 Å². The molecule has 0 aliphatic carbocycles. The lowest BCUT2D eigenvalue weighted by atomic mass is 10.2. The number of pyridine rings is 1. The van der Waals surface area contributed by atoms with Crippen LogP contribution in [0.4, 0.5) is 0 Å². The number of hydrogen-bond donors (Lipinski definition) is 2. The number of halogens is 2. The molecule has 5 heteroatoms. The van der Waals surface area contributed by atoms with Gasteiger partial charge in [0, 0.05) is 29.9 Å². The summed E-state index contributed by atoms with van der Waals surface area (Å²) >= 11 is 11.8. The lowest BCUT2D eigenvalue weighted by Gasteiger charge is -2.09. The number of hydrogen-bond acceptors (Lipinski definition) is 3. The minimum atomic E-state index is 0.0660. The molecule has 1 heterocycles. The van der Waals surface area contributed by atoms with Crippen LogP contribution in [0.5, 0.6) is 5.75 Å². The highest BCUT2D eigenvalue weighted by atomic mass is 35.5. The minimum absolute atomic E-state index is 0.0660. The summed E-state index contributed by atoms with van der Waals surface area (Å²) in [5.74, 6) is 0.0660. The van der Waals surface area contributed by atoms with Crippen LogP contribution in [-0.2, 0) is 13.1 Å². The number of aromatic nitrogens is 1. The highest BCUT2D eigenvalue weighted by Crippen LogP contribution is 2.30. The molecule has 0 unspecified atom stereocenters. The SMILES string of the molecule is Cc1cccnc1CNCc1cc(Cl)cc(Cl)c1O. The first-order chi connectivity index (χ1) is 9.08. The van der Waals surface area contributed by atoms with Gasteiger partial charge in [0.1, 0.15) is 5.75 Å². The predicted molar refractivity (Wildman–Crippen MR) is 77.6 cm³/mol. The number of nitrogens with zero attached hydrogens (tertiary/aromatic N) is 1. The summed E-state index contributed by atoms with van der Waals surface area (Å²) < 4.78 is 0. The van der Waals surface area contributed by atoms with Gasteiger partial charge >= 0.3 is 0 Å². The number of phenols is 1. The topological polar surface area (TPSA) is 45.2 Å². The van der Waals surface area contributed by atoms with Crippen LogP contribution in [0, 0.1) is 6.92 Å². The zero-order valence-corrected chi connectivity index (χ0v) is 12.0. The lowest BCUT2D eigenvalue weighted by molar-refractivity contribution is 0.464. The van der Waals surface area contributed by atoms with E-state index in [0.29, 0.717) is 23.7 Å². The molecule has 19 heavy (non-hydrogen) atoms. The van der Waals surface area contributed by atoms with Crippen LogP contribution < -0.4 is 5.32 Å². The van der Waals surface area contributed by atoms with Crippen molar-refractivity contribution in [1.82, 2.24) is 10.3 Å². The van der Waals surface area contributed by atoms with Crippen LogP contribution in [0.1, 0.15) is 16.8 Å². The van der Waals surface area contributed by atoms with Gasteiger partial charge in [-0.15, -0.1) is 0 Å². The maximum absolute atomic E-state index is 9.83. The van der Waals surface area contributed by atoms with E-state index >= 15 is 0 Å². The Morgan fingerprint density at radius 2 is 2.05 bits per heavy atom. The quantitative estimate of drug-likeness (QED) is 0.904. The van der Waals surface area contributed by atoms with Crippen LogP contribution in [0.2, 0.25) is 10.0 Å². The van der Waals surface area contributed by atoms with Gasteiger partial charge in [-0.05, 0) is 30.7 Å². The summed E-state index contributed by atoms with van der Waals surface area (Å²) in [6.07, 6.45) is 1.76. The molecular weight excluding hydrogens is 283 g/mol. The second-order valence-corrected chi connectivity index (χ2v) is 5.11. The van der Waals surface area contributed by atoms with Crippen molar-refractivity contribution in [2.24, 2.45) is 0 Å². The Morgan fingerprint density at radius 1 is 1.26 bits per heavy atom. The van der Waals surface area contributed by atoms with E-state index < -0.39 is 0 Å². The van der Waals surface area contributed by atoms with Gasteiger partial charge in [-0.25, -0.2) is 0 Å². The van der Waals surface area contributed by atoms with Crippen LogP contribution in [0.25, 0.3) is 0 Å². The van der Waals surface area contributed by atoms with E-state index in [-0.39, 0.29) is 10.8 Å². The molecule has 0 aliphatic rings. The first kappa shape index (κ1) is 14.1. The number of aromatic hydroxyl groups is 1. The van der Waals surface area contributed by atoms with Gasteiger partial charge in [0.2, 0.25) is 0 Å². The van der Waals surface area contributed by atoms with E-state index in [0.717, 1.165) is 11.3 Å². The Morgan fingerprint density at radius 3 is 2.79 bits per heavy atom. The third kappa shape index (κ3) is 3.60. The molecule has 0 aliphatic heterocycles. The molecule has 0 bridgehead atoms. The maximum atomic E-state index is 9.83. The van der Waals surface area contributed by atoms with E-state index in [1.54, 1.807) is 12.3 Å². The molecule has 2 rings (SSSR count). The molecule has 0 atom stereocenters. The van der Waals surface area contributed by atoms with Crippen LogP contribution in [-0.4, -0.2) is 10.1 Å².